The van der Waals surface area contributed by atoms with Gasteiger partial charge >= 0.3 is 87.5 Å². The molecule has 0 aliphatic carbocycles. The van der Waals surface area contributed by atoms with Crippen LogP contribution in [0, 0.1) is 0 Å². The number of ether oxygens (including phenoxy) is 2. The summed E-state index contributed by atoms with van der Waals surface area (Å²) < 4.78 is 166. The molecular formula is C77H165F3O23SSi19. The zero-order chi connectivity index (χ0) is 96.5. The van der Waals surface area contributed by atoms with Crippen molar-refractivity contribution in [2.75, 3.05) is 13.2 Å². The van der Waals surface area contributed by atoms with Gasteiger partial charge in [-0.3, -0.25) is 4.55 Å². The topological polar surface area (TPSA) is 255 Å². The molecule has 0 radical (unpaired) electrons. The van der Waals surface area contributed by atoms with Crippen molar-refractivity contribution in [1.29, 1.82) is 0 Å². The number of alkyl halides is 3. The van der Waals surface area contributed by atoms with E-state index in [-0.39, 0.29) is 18.5 Å². The number of allylic oxidation sites excluding steroid dienone is 1. The van der Waals surface area contributed by atoms with Gasteiger partial charge in [0.15, 0.2) is 49.9 Å². The zero-order valence-corrected chi connectivity index (χ0v) is 103. The maximum absolute atomic E-state index is 11.7. The molecule has 714 valence electrons. The van der Waals surface area contributed by atoms with Crippen molar-refractivity contribution in [2.45, 2.75) is 305 Å². The van der Waals surface area contributed by atoms with Crippen molar-refractivity contribution in [2.24, 2.45) is 0 Å². The summed E-state index contributed by atoms with van der Waals surface area (Å²) >= 11 is 0. The number of carbonyl (C=O) groups excluding carboxylic acids is 2. The molecule has 5 rings (SSSR count). The quantitative estimate of drug-likeness (QED) is 0.0111. The van der Waals surface area contributed by atoms with Crippen molar-refractivity contribution >= 4 is 188 Å². The van der Waals surface area contributed by atoms with E-state index in [2.05, 4.69) is 307 Å². The highest BCUT2D eigenvalue weighted by molar-refractivity contribution is 7.86. The van der Waals surface area contributed by atoms with Crippen LogP contribution in [0.5, 0.6) is 0 Å². The van der Waals surface area contributed by atoms with Crippen LogP contribution in [0.25, 0.3) is 0 Å². The number of benzene rings is 3. The molecule has 2 aliphatic rings. The Hall–Kier alpha value is -1.26. The first kappa shape index (κ1) is 126. The van der Waals surface area contributed by atoms with E-state index in [4.69, 9.17) is 83.5 Å². The first-order valence-corrected chi connectivity index (χ1v) is 95.6. The summed E-state index contributed by atoms with van der Waals surface area (Å²) in [4.78, 5) is 22.3. The molecule has 3 aromatic carbocycles. The Kier molecular flexibility index (Phi) is 58.7. The maximum atomic E-state index is 11.7. The van der Waals surface area contributed by atoms with Gasteiger partial charge in [0.1, 0.15) is 6.61 Å². The molecule has 0 aromatic heterocycles. The van der Waals surface area contributed by atoms with Crippen molar-refractivity contribution < 1.29 is 111 Å². The molecule has 1 N–H and O–H groups in total. The van der Waals surface area contributed by atoms with Gasteiger partial charge in [0, 0.05) is 11.1 Å². The van der Waals surface area contributed by atoms with Crippen molar-refractivity contribution in [3.8, 4) is 0 Å². The van der Waals surface area contributed by atoms with Gasteiger partial charge in [0.05, 0.1) is 6.61 Å². The zero-order valence-electron chi connectivity index (χ0n) is 82.4. The average molecular weight is 2080 g/mol. The largest absolute Gasteiger partial charge is 0.522 e. The molecule has 2 saturated heterocycles. The lowest BCUT2D eigenvalue weighted by Gasteiger charge is -2.46. The maximum Gasteiger partial charge on any atom is 0.522 e. The fourth-order valence-corrected chi connectivity index (χ4v) is 87.5. The molecule has 0 saturated carbocycles. The molecule has 4 unspecified atom stereocenters. The third kappa shape index (κ3) is 73.0. The van der Waals surface area contributed by atoms with Gasteiger partial charge in [-0.15, -0.1) is 6.58 Å². The third-order valence-electron chi connectivity index (χ3n) is 14.9. The molecule has 123 heavy (non-hydrogen) atoms. The van der Waals surface area contributed by atoms with E-state index in [1.54, 1.807) is 13.8 Å². The molecular weight excluding hydrogens is 1920 g/mol. The molecule has 2 heterocycles. The average Bonchev–Trinajstić information content (AvgIpc) is 0.792. The molecule has 0 spiro atoms. The lowest BCUT2D eigenvalue weighted by Crippen LogP contribution is -2.64. The van der Waals surface area contributed by atoms with E-state index < -0.39 is 181 Å². The lowest BCUT2D eigenvalue weighted by atomic mass is 10.1. The monoisotopic (exact) mass is 2080 g/mol. The van der Waals surface area contributed by atoms with Crippen LogP contribution < -0.4 is 0 Å². The van der Waals surface area contributed by atoms with Crippen LogP contribution in [-0.4, -0.2) is 209 Å². The summed E-state index contributed by atoms with van der Waals surface area (Å²) in [6.07, 6.45) is 9.37. The van der Waals surface area contributed by atoms with Crippen LogP contribution in [0.4, 0.5) is 13.2 Å². The van der Waals surface area contributed by atoms with Crippen molar-refractivity contribution in [3.63, 3.8) is 0 Å². The van der Waals surface area contributed by atoms with Gasteiger partial charge in [-0.2, -0.15) is 21.6 Å². The number of halogens is 3. The minimum Gasteiger partial charge on any atom is -0.462 e. The highest BCUT2D eigenvalue weighted by Crippen LogP contribution is 2.34. The summed E-state index contributed by atoms with van der Waals surface area (Å²) in [5, 5.41) is 0. The van der Waals surface area contributed by atoms with Crippen LogP contribution >= 0.6 is 0 Å². The number of hydrogen-bond acceptors (Lipinski definition) is 22. The first-order chi connectivity index (χ1) is 55.3. The standard InChI is InChI=1S/C24H46O5Si4.C17H36O3Si4.C9H10.C8H24O4Si4.C7H22O2Si3.C7H10O2.C4H16O4Si4.CHF3O3S/c1-22(2)24(25)26-19-15-21-33(10,28-31(6,7)8)29-32(9,27-30(3,4)5)20-14-18-23-16-12-11-13-17-23;1-21(18-22(2,3)4)19-24(8,20-23(5,6)7)16-12-15-17-13-10-9-11-14-17;1-2-6-9-7-4-3-5-8-9;1-13(2)9-14(3,4)11-16(7,8)12-15(5,6)10-13;1-10(8-11(2,3)4)9-12(5,6)7;1-4-5-9-7(8)6(2)3;1-9-5-10(2)7-12(4)8-11(3)6-9;2-1(3,4)8(5,6)7/h11-13,16-17H,1,14-15,18-21H2,2-10H3;9-11,13-14,21H,12,15-16H2,1-8H3;2-5,7-8H,1,6H2;1-8H3;10H,1-7H3;4H,1-2,5H2,3H3;9-12H,1-4H3;(H,5,6,7). The smallest absolute Gasteiger partial charge is 0.462 e. The Morgan fingerprint density at radius 2 is 0.691 bits per heavy atom. The van der Waals surface area contributed by atoms with Gasteiger partial charge in [0.2, 0.25) is 0 Å². The normalized spacial score (nSPS) is 19.6. The summed E-state index contributed by atoms with van der Waals surface area (Å²) in [7, 11) is -39.7. The van der Waals surface area contributed by atoms with E-state index in [1.165, 1.54) is 22.8 Å². The van der Waals surface area contributed by atoms with Gasteiger partial charge in [-0.1, -0.05) is 123 Å². The van der Waals surface area contributed by atoms with E-state index in [1.807, 2.05) is 50.5 Å². The van der Waals surface area contributed by atoms with Crippen LogP contribution in [0.2, 0.25) is 247 Å². The predicted octanol–water partition coefficient (Wildman–Crippen LogP) is 21.2. The number of carbonyl (C=O) groups is 2. The fraction of sp³-hybridized carbons (Fsp3) is 0.636. The second-order valence-electron chi connectivity index (χ2n) is 38.2. The summed E-state index contributed by atoms with van der Waals surface area (Å²) in [5.74, 6) is -0.706. The highest BCUT2D eigenvalue weighted by atomic mass is 32.2. The summed E-state index contributed by atoms with van der Waals surface area (Å²) in [6.45, 7) is 93.7. The second-order valence-corrected chi connectivity index (χ2v) is 106. The fourth-order valence-electron chi connectivity index (χ4n) is 12.6. The molecule has 0 bridgehead atoms. The Bertz CT molecular complexity index is 3490. The number of esters is 2. The van der Waals surface area contributed by atoms with Crippen LogP contribution in [0.15, 0.2) is 141 Å². The Balaban J connectivity index is -0.00000141. The van der Waals surface area contributed by atoms with Crippen LogP contribution in [-0.2, 0) is 114 Å². The number of rotatable bonds is 34. The van der Waals surface area contributed by atoms with Gasteiger partial charge in [-0.25, -0.2) is 9.59 Å². The molecule has 0 amide bonds. The second kappa shape index (κ2) is 57.4. The van der Waals surface area contributed by atoms with Gasteiger partial charge in [-0.05, 0) is 316 Å². The number of aryl methyl sites for hydroxylation is 2. The van der Waals surface area contributed by atoms with E-state index >= 15 is 0 Å². The minimum atomic E-state index is -5.84. The summed E-state index contributed by atoms with van der Waals surface area (Å²) in [6, 6.07) is 34.3. The Morgan fingerprint density at radius 3 is 0.951 bits per heavy atom. The Labute approximate surface area is 768 Å². The molecule has 4 atom stereocenters. The van der Waals surface area contributed by atoms with E-state index in [0.29, 0.717) is 24.2 Å². The molecule has 3 aromatic rings. The minimum absolute atomic E-state index is 0.256. The molecule has 2 aliphatic heterocycles. The number of hydrogen-bond donors (Lipinski definition) is 1. The highest BCUT2D eigenvalue weighted by Gasteiger charge is 2.51. The predicted molar refractivity (Wildman–Crippen MR) is 549 cm³/mol. The Morgan fingerprint density at radius 1 is 0.431 bits per heavy atom. The van der Waals surface area contributed by atoms with Crippen molar-refractivity contribution in [3.05, 3.63) is 157 Å². The molecule has 46 heteroatoms. The first-order valence-electron chi connectivity index (χ1n) is 42.2. The SMILES string of the molecule is C=C(C)C(=O)OCCC[Si](C)(O[Si](C)(C)C)O[Si](C)(CCCc1ccccc1)O[Si](C)(C)C.C=CCOC(=O)C(=C)C.C=CCc1ccccc1.C[SiH](O[Si](C)(C)C)O[Si](C)(C)C.C[SiH](O[Si](C)(C)C)O[Si](C)(CCCc1ccccc1)O[Si](C)(C)C.C[SiH]1O[SiH](C)O[SiH](C)O[SiH](C)O1.C[Si]1(C)O[Si](C)(C)O[Si](C)(C)O[Si](C)(C)O1.O=S(=O)(O)C(F)(F)F. The third-order valence-corrected chi connectivity index (χ3v) is 79.0. The van der Waals surface area contributed by atoms with Gasteiger partial charge < -0.3 is 75.3 Å². The van der Waals surface area contributed by atoms with Crippen LogP contribution in [0.1, 0.15) is 49.8 Å². The molecule has 2 fully saturated rings. The van der Waals surface area contributed by atoms with Crippen molar-refractivity contribution in [1.82, 2.24) is 0 Å². The van der Waals surface area contributed by atoms with E-state index in [9.17, 15) is 22.8 Å². The summed E-state index contributed by atoms with van der Waals surface area (Å²) in [5.41, 5.74) is -0.631. The molecule has 23 nitrogen and oxygen atoms in total. The van der Waals surface area contributed by atoms with Crippen LogP contribution in [0.3, 0.4) is 0 Å². The van der Waals surface area contributed by atoms with Gasteiger partial charge in [0.25, 0.3) is 55.7 Å². The van der Waals surface area contributed by atoms with E-state index in [0.717, 1.165) is 50.2 Å². The lowest BCUT2D eigenvalue weighted by molar-refractivity contribution is -0.139.